The molecule has 0 saturated heterocycles. The zero-order valence-corrected chi connectivity index (χ0v) is 25.0. The van der Waals surface area contributed by atoms with Gasteiger partial charge in [0.2, 0.25) is 0 Å². The van der Waals surface area contributed by atoms with Crippen LogP contribution in [0.15, 0.2) is 113 Å². The van der Waals surface area contributed by atoms with Gasteiger partial charge in [0.1, 0.15) is 11.5 Å². The van der Waals surface area contributed by atoms with Gasteiger partial charge in [-0.2, -0.15) is 0 Å². The van der Waals surface area contributed by atoms with Gasteiger partial charge >= 0.3 is 7.48 Å². The number of hydrogen-bond acceptors (Lipinski definition) is 4. The lowest BCUT2D eigenvalue weighted by molar-refractivity contribution is -0.0893. The number of benzene rings is 5. The van der Waals surface area contributed by atoms with Crippen LogP contribution in [-0.2, 0) is 10.1 Å². The van der Waals surface area contributed by atoms with E-state index in [1.807, 2.05) is 26.0 Å². The van der Waals surface area contributed by atoms with Crippen molar-refractivity contribution >= 4 is 24.7 Å². The number of hydrogen-bond donors (Lipinski definition) is 1. The first-order valence-corrected chi connectivity index (χ1v) is 15.3. The Morgan fingerprint density at radius 3 is 2.02 bits per heavy atom. The Kier molecular flexibility index (Phi) is 5.47. The summed E-state index contributed by atoms with van der Waals surface area (Å²) in [5.41, 5.74) is 9.13. The molecular weight excluding hydrogens is 535 g/mol. The van der Waals surface area contributed by atoms with E-state index in [4.69, 9.17) is 9.39 Å². The Hall–Kier alpha value is -3.77. The van der Waals surface area contributed by atoms with Crippen molar-refractivity contribution in [3.63, 3.8) is 0 Å². The van der Waals surface area contributed by atoms with Crippen molar-refractivity contribution in [2.45, 2.75) is 54.1 Å². The lowest BCUT2D eigenvalue weighted by Crippen LogP contribution is -2.49. The van der Waals surface area contributed by atoms with Gasteiger partial charge in [0.25, 0.3) is 0 Å². The van der Waals surface area contributed by atoms with E-state index in [-0.39, 0.29) is 0 Å². The van der Waals surface area contributed by atoms with E-state index in [1.165, 1.54) is 49.4 Å². The molecule has 1 heterocycles. The highest BCUT2D eigenvalue weighted by Crippen LogP contribution is 2.65. The smallest absolute Gasteiger partial charge is 0.310 e. The van der Waals surface area contributed by atoms with Crippen LogP contribution in [0.2, 0.25) is 0 Å². The van der Waals surface area contributed by atoms with Crippen molar-refractivity contribution in [2.24, 2.45) is 0 Å². The standard InChI is InChI=1S/C37H31BO3S/c1-35(2,39)36(3,4)41-38-28-17-11-16-26-32(28)22-12-5-7-14-24(22)37(26)25-15-8-6-13-23(25)33-27(37)20-21-30-34(33)42-31-19-10-9-18-29(31)40-30/h5-21,38-39H,1-4H3. The van der Waals surface area contributed by atoms with Crippen LogP contribution in [0.1, 0.15) is 49.9 Å². The van der Waals surface area contributed by atoms with Crippen LogP contribution in [0.4, 0.5) is 0 Å². The van der Waals surface area contributed by atoms with Crippen LogP contribution >= 0.6 is 11.8 Å². The third kappa shape index (κ3) is 3.39. The average Bonchev–Trinajstić information content (AvgIpc) is 3.46. The van der Waals surface area contributed by atoms with Crippen LogP contribution in [0.3, 0.4) is 0 Å². The second-order valence-corrected chi connectivity index (χ2v) is 13.6. The molecular formula is C37H31BO3S. The molecule has 5 aromatic rings. The van der Waals surface area contributed by atoms with Crippen LogP contribution in [0, 0.1) is 0 Å². The molecule has 8 rings (SSSR count). The number of ether oxygens (including phenoxy) is 1. The summed E-state index contributed by atoms with van der Waals surface area (Å²) in [5, 5.41) is 10.8. The molecule has 0 aromatic heterocycles. The van der Waals surface area contributed by atoms with Crippen molar-refractivity contribution < 1.29 is 14.5 Å². The molecule has 1 N–H and O–H groups in total. The van der Waals surface area contributed by atoms with E-state index >= 15 is 0 Å². The van der Waals surface area contributed by atoms with Crippen LogP contribution in [0.5, 0.6) is 11.5 Å². The summed E-state index contributed by atoms with van der Waals surface area (Å²) in [6.07, 6.45) is 0. The number of rotatable bonds is 4. The second kappa shape index (κ2) is 8.87. The van der Waals surface area contributed by atoms with Gasteiger partial charge in [-0.15, -0.1) is 0 Å². The lowest BCUT2D eigenvalue weighted by Gasteiger charge is -2.37. The lowest BCUT2D eigenvalue weighted by atomic mass is 9.69. The predicted molar refractivity (Wildman–Crippen MR) is 172 cm³/mol. The Labute approximate surface area is 251 Å². The molecule has 3 aliphatic rings. The topological polar surface area (TPSA) is 38.7 Å². The molecule has 0 radical (unpaired) electrons. The van der Waals surface area contributed by atoms with Crippen LogP contribution < -0.4 is 10.2 Å². The molecule has 1 aliphatic heterocycles. The monoisotopic (exact) mass is 566 g/mol. The predicted octanol–water partition coefficient (Wildman–Crippen LogP) is 7.83. The molecule has 1 atom stereocenters. The summed E-state index contributed by atoms with van der Waals surface area (Å²) in [6, 6.07) is 37.1. The van der Waals surface area contributed by atoms with E-state index in [9.17, 15) is 5.11 Å². The van der Waals surface area contributed by atoms with Gasteiger partial charge in [-0.25, -0.2) is 0 Å². The van der Waals surface area contributed by atoms with E-state index in [1.54, 1.807) is 25.6 Å². The van der Waals surface area contributed by atoms with Crippen molar-refractivity contribution in [1.82, 2.24) is 0 Å². The fourth-order valence-corrected chi connectivity index (χ4v) is 7.99. The first-order valence-electron chi connectivity index (χ1n) is 14.5. The minimum Gasteiger partial charge on any atom is -0.455 e. The van der Waals surface area contributed by atoms with Crippen molar-refractivity contribution in [3.8, 4) is 33.8 Å². The molecule has 5 aromatic carbocycles. The maximum atomic E-state index is 10.8. The Balaban J connectivity index is 1.38. The molecule has 2 aliphatic carbocycles. The van der Waals surface area contributed by atoms with Crippen molar-refractivity contribution in [3.05, 3.63) is 125 Å². The molecule has 5 heteroatoms. The van der Waals surface area contributed by atoms with E-state index < -0.39 is 16.6 Å². The number of aliphatic hydroxyl groups is 1. The van der Waals surface area contributed by atoms with Gasteiger partial charge < -0.3 is 14.5 Å². The highest BCUT2D eigenvalue weighted by Gasteiger charge is 2.53. The third-order valence-corrected chi connectivity index (χ3v) is 10.8. The second-order valence-electron chi connectivity index (χ2n) is 12.5. The summed E-state index contributed by atoms with van der Waals surface area (Å²) in [5.74, 6) is 1.82. The maximum absolute atomic E-state index is 10.8. The average molecular weight is 567 g/mol. The van der Waals surface area contributed by atoms with Gasteiger partial charge in [0.05, 0.1) is 26.4 Å². The molecule has 0 fully saturated rings. The van der Waals surface area contributed by atoms with Crippen LogP contribution in [0.25, 0.3) is 22.3 Å². The van der Waals surface area contributed by atoms with Gasteiger partial charge in [0.15, 0.2) is 0 Å². The number of para-hydroxylation sites is 1. The summed E-state index contributed by atoms with van der Waals surface area (Å²) >= 11 is 1.80. The molecule has 1 spiro atoms. The zero-order chi connectivity index (χ0) is 28.9. The summed E-state index contributed by atoms with van der Waals surface area (Å²) < 4.78 is 12.9. The largest absolute Gasteiger partial charge is 0.455 e. The quantitative estimate of drug-likeness (QED) is 0.221. The molecule has 1 unspecified atom stereocenters. The van der Waals surface area contributed by atoms with E-state index in [2.05, 4.69) is 91.0 Å². The minimum absolute atomic E-state index is 0.406. The van der Waals surface area contributed by atoms with Crippen LogP contribution in [-0.4, -0.2) is 23.8 Å². The highest BCUT2D eigenvalue weighted by atomic mass is 32.2. The highest BCUT2D eigenvalue weighted by molar-refractivity contribution is 7.99. The molecule has 0 bridgehead atoms. The molecule has 3 nitrogen and oxygen atoms in total. The van der Waals surface area contributed by atoms with E-state index in [0.717, 1.165) is 21.9 Å². The third-order valence-electron chi connectivity index (χ3n) is 9.62. The van der Waals surface area contributed by atoms with Gasteiger partial charge in [-0.1, -0.05) is 96.7 Å². The fraction of sp³-hybridized carbons (Fsp3) is 0.189. The SMILES string of the molecule is CC(C)(O)C(C)(C)OBc1cccc2c1-c1ccccc1C21c2ccccc2-c2c1ccc1c2Sc2ccccc2O1. The minimum atomic E-state index is -0.981. The first kappa shape index (κ1) is 25.9. The molecule has 0 amide bonds. The Bertz CT molecular complexity index is 1920. The fourth-order valence-electron chi connectivity index (χ4n) is 6.88. The number of fused-ring (bicyclic) bond motifs is 13. The molecule has 206 valence electrons. The summed E-state index contributed by atoms with van der Waals surface area (Å²) in [6.45, 7) is 7.52. The van der Waals surface area contributed by atoms with Crippen molar-refractivity contribution in [2.75, 3.05) is 0 Å². The van der Waals surface area contributed by atoms with Gasteiger partial charge in [-0.3, -0.25) is 0 Å². The Morgan fingerprint density at radius 1 is 0.667 bits per heavy atom. The summed E-state index contributed by atoms with van der Waals surface area (Å²) in [7, 11) is 0.406. The Morgan fingerprint density at radius 2 is 1.29 bits per heavy atom. The first-order chi connectivity index (χ1) is 20.2. The molecule has 0 saturated carbocycles. The van der Waals surface area contributed by atoms with Gasteiger partial charge in [-0.05, 0) is 90.3 Å². The summed E-state index contributed by atoms with van der Waals surface area (Å²) in [4.78, 5) is 2.31. The maximum Gasteiger partial charge on any atom is 0.310 e. The zero-order valence-electron chi connectivity index (χ0n) is 24.2. The van der Waals surface area contributed by atoms with E-state index in [0.29, 0.717) is 7.48 Å². The van der Waals surface area contributed by atoms with Crippen molar-refractivity contribution in [1.29, 1.82) is 0 Å². The normalized spacial score (nSPS) is 17.5. The van der Waals surface area contributed by atoms with Gasteiger partial charge in [0, 0.05) is 5.56 Å². The molecule has 42 heavy (non-hydrogen) atoms.